The number of phosphoric acid groups is 2. The molecule has 0 radical (unpaired) electrons. The molecule has 0 aliphatic rings. The molecule has 0 spiro atoms. The van der Waals surface area contributed by atoms with Crippen LogP contribution in [-0.2, 0) is 65.4 Å². The van der Waals surface area contributed by atoms with Crippen molar-refractivity contribution < 1.29 is 80.2 Å². The quantitative estimate of drug-likeness (QED) is 0.0222. The van der Waals surface area contributed by atoms with E-state index in [0.717, 1.165) is 102 Å². The topological polar surface area (TPSA) is 237 Å². The van der Waals surface area contributed by atoms with Crippen LogP contribution >= 0.6 is 15.6 Å². The van der Waals surface area contributed by atoms with Crippen LogP contribution in [0.1, 0.15) is 472 Å². The first kappa shape index (κ1) is 105. The van der Waals surface area contributed by atoms with Crippen LogP contribution in [0.15, 0.2) is 0 Å². The highest BCUT2D eigenvalue weighted by molar-refractivity contribution is 7.47. The van der Waals surface area contributed by atoms with Crippen LogP contribution in [0.25, 0.3) is 0 Å². The van der Waals surface area contributed by atoms with Gasteiger partial charge in [-0.25, -0.2) is 9.13 Å². The largest absolute Gasteiger partial charge is 0.472 e. The number of carbonyl (C=O) groups is 4. The third-order valence-corrected chi connectivity index (χ3v) is 23.0. The zero-order valence-corrected chi connectivity index (χ0v) is 72.2. The second-order valence-electron chi connectivity index (χ2n) is 32.4. The Balaban J connectivity index is 5.23. The van der Waals surface area contributed by atoms with Crippen LogP contribution in [0, 0.1) is 11.8 Å². The Kier molecular flexibility index (Phi) is 77.9. The Morgan fingerprint density at radius 2 is 0.477 bits per heavy atom. The Morgan fingerprint density at radius 1 is 0.271 bits per heavy atom. The van der Waals surface area contributed by atoms with Gasteiger partial charge < -0.3 is 33.8 Å². The van der Waals surface area contributed by atoms with Gasteiger partial charge in [-0.05, 0) is 37.5 Å². The molecule has 0 saturated heterocycles. The minimum absolute atomic E-state index is 0.107. The summed E-state index contributed by atoms with van der Waals surface area (Å²) in [4.78, 5) is 73.3. The second kappa shape index (κ2) is 79.3. The first-order chi connectivity index (χ1) is 51.9. The fourth-order valence-corrected chi connectivity index (χ4v) is 15.3. The van der Waals surface area contributed by atoms with Crippen molar-refractivity contribution in [1.82, 2.24) is 0 Å². The molecule has 636 valence electrons. The smallest absolute Gasteiger partial charge is 0.462 e. The monoisotopic (exact) mass is 1560 g/mol. The van der Waals surface area contributed by atoms with Gasteiger partial charge in [0.1, 0.15) is 19.3 Å². The van der Waals surface area contributed by atoms with Crippen LogP contribution in [0.4, 0.5) is 0 Å². The van der Waals surface area contributed by atoms with Crippen LogP contribution in [-0.4, -0.2) is 96.7 Å². The van der Waals surface area contributed by atoms with Crippen molar-refractivity contribution >= 4 is 39.5 Å². The molecule has 0 aliphatic heterocycles. The molecule has 0 heterocycles. The van der Waals surface area contributed by atoms with Gasteiger partial charge in [-0.1, -0.05) is 420 Å². The molecule has 6 atom stereocenters. The van der Waals surface area contributed by atoms with Crippen molar-refractivity contribution in [3.8, 4) is 0 Å². The summed E-state index contributed by atoms with van der Waals surface area (Å²) in [6.07, 6.45) is 72.2. The summed E-state index contributed by atoms with van der Waals surface area (Å²) < 4.78 is 68.9. The summed E-state index contributed by atoms with van der Waals surface area (Å²) >= 11 is 0. The number of phosphoric ester groups is 2. The second-order valence-corrected chi connectivity index (χ2v) is 35.3. The van der Waals surface area contributed by atoms with E-state index in [0.29, 0.717) is 25.7 Å². The van der Waals surface area contributed by atoms with Gasteiger partial charge in [-0.2, -0.15) is 0 Å². The van der Waals surface area contributed by atoms with Crippen LogP contribution in [0.5, 0.6) is 0 Å². The number of hydrogen-bond donors (Lipinski definition) is 3. The Morgan fingerprint density at radius 3 is 0.710 bits per heavy atom. The third-order valence-electron chi connectivity index (χ3n) is 21.1. The molecule has 107 heavy (non-hydrogen) atoms. The van der Waals surface area contributed by atoms with Gasteiger partial charge in [0.05, 0.1) is 26.4 Å². The normalized spacial score (nSPS) is 14.0. The summed E-state index contributed by atoms with van der Waals surface area (Å²) in [6, 6.07) is 0. The Bertz CT molecular complexity index is 2050. The van der Waals surface area contributed by atoms with E-state index in [1.807, 2.05) is 0 Å². The number of ether oxygens (including phenoxy) is 4. The lowest BCUT2D eigenvalue weighted by atomic mass is 9.99. The standard InChI is InChI=1S/C88H172O17P2/c1-7-10-12-14-16-18-20-22-23-24-25-26-30-33-36-40-47-53-59-65-71-86(91)99-76-83(104-87(92)72-66-60-54-48-41-37-34-31-28-27-29-32-35-38-45-51-57-63-69-81(6)9-3)78-102-106(94,95)100-74-82(89)75-101-107(96,97)103-79-84(77-98-85(90)70-64-58-52-46-39-21-19-17-15-13-11-8-2)105-88(93)73-67-61-55-49-43-42-44-50-56-62-68-80(4)5/h80-84,89H,7-79H2,1-6H3,(H,94,95)(H,96,97)/t81?,82-,83-,84-/m1/s1. The van der Waals surface area contributed by atoms with Crippen LogP contribution in [0.3, 0.4) is 0 Å². The summed E-state index contributed by atoms with van der Waals surface area (Å²) in [5, 5.41) is 10.7. The predicted molar refractivity (Wildman–Crippen MR) is 442 cm³/mol. The molecule has 3 N–H and O–H groups in total. The van der Waals surface area contributed by atoms with E-state index >= 15 is 0 Å². The minimum Gasteiger partial charge on any atom is -0.462 e. The fraction of sp³-hybridized carbons (Fsp3) is 0.955. The first-order valence-electron chi connectivity index (χ1n) is 45.5. The minimum atomic E-state index is -4.97. The van der Waals surface area contributed by atoms with Crippen molar-refractivity contribution in [2.75, 3.05) is 39.6 Å². The molecule has 0 aliphatic carbocycles. The van der Waals surface area contributed by atoms with Gasteiger partial charge in [0.25, 0.3) is 0 Å². The molecule has 0 aromatic heterocycles. The summed E-state index contributed by atoms with van der Waals surface area (Å²) in [6.45, 7) is 9.74. The number of aliphatic hydroxyl groups excluding tert-OH is 1. The van der Waals surface area contributed by atoms with E-state index in [1.165, 1.54) is 289 Å². The molecule has 0 bridgehead atoms. The molecule has 0 rings (SSSR count). The summed E-state index contributed by atoms with van der Waals surface area (Å²) in [7, 11) is -9.93. The number of hydrogen-bond acceptors (Lipinski definition) is 15. The molecule has 19 heteroatoms. The van der Waals surface area contributed by atoms with E-state index in [-0.39, 0.29) is 25.7 Å². The summed E-state index contributed by atoms with van der Waals surface area (Å²) in [5.41, 5.74) is 0. The fourth-order valence-electron chi connectivity index (χ4n) is 13.7. The van der Waals surface area contributed by atoms with E-state index in [1.54, 1.807) is 0 Å². The maximum Gasteiger partial charge on any atom is 0.472 e. The maximum absolute atomic E-state index is 13.2. The SMILES string of the molecule is CCCCCCCCCCCCCCCCCCCCCCC(=O)OC[C@H](COP(=O)(O)OC[C@@H](O)COP(=O)(O)OC[C@@H](COC(=O)CCCCCCCCCCCCCC)OC(=O)CCCCCCCCCCCCC(C)C)OC(=O)CCCCCCCCCCCCCCCCCCCCC(C)CC. The molecule has 17 nitrogen and oxygen atoms in total. The average Bonchev–Trinajstić information content (AvgIpc) is 0.899. The Labute approximate surface area is 658 Å². The van der Waals surface area contributed by atoms with Gasteiger partial charge in [-0.15, -0.1) is 0 Å². The molecule has 3 unspecified atom stereocenters. The maximum atomic E-state index is 13.2. The van der Waals surface area contributed by atoms with Gasteiger partial charge in [-0.3, -0.25) is 37.3 Å². The molecular formula is C88H172O17P2. The zero-order chi connectivity index (χ0) is 78.5. The van der Waals surface area contributed by atoms with Crippen molar-refractivity contribution in [3.05, 3.63) is 0 Å². The first-order valence-corrected chi connectivity index (χ1v) is 48.5. The van der Waals surface area contributed by atoms with Crippen molar-refractivity contribution in [1.29, 1.82) is 0 Å². The van der Waals surface area contributed by atoms with Crippen LogP contribution < -0.4 is 0 Å². The number of aliphatic hydroxyl groups is 1. The summed E-state index contributed by atoms with van der Waals surface area (Å²) in [5.74, 6) is -0.477. The van der Waals surface area contributed by atoms with Crippen molar-refractivity contribution in [3.63, 3.8) is 0 Å². The highest BCUT2D eigenvalue weighted by Gasteiger charge is 2.31. The number of carbonyl (C=O) groups excluding carboxylic acids is 4. The van der Waals surface area contributed by atoms with E-state index in [4.69, 9.17) is 37.0 Å². The number of rotatable bonds is 87. The van der Waals surface area contributed by atoms with Crippen molar-refractivity contribution in [2.24, 2.45) is 11.8 Å². The van der Waals surface area contributed by atoms with Gasteiger partial charge in [0.2, 0.25) is 0 Å². The van der Waals surface area contributed by atoms with E-state index in [2.05, 4.69) is 41.5 Å². The molecule has 0 aromatic rings. The van der Waals surface area contributed by atoms with Crippen LogP contribution in [0.2, 0.25) is 0 Å². The molecular weight excluding hydrogens is 1390 g/mol. The highest BCUT2D eigenvalue weighted by atomic mass is 31.2. The molecule has 0 amide bonds. The highest BCUT2D eigenvalue weighted by Crippen LogP contribution is 2.45. The van der Waals surface area contributed by atoms with Gasteiger partial charge in [0, 0.05) is 25.7 Å². The zero-order valence-electron chi connectivity index (χ0n) is 70.5. The molecule has 0 aromatic carbocycles. The van der Waals surface area contributed by atoms with Gasteiger partial charge >= 0.3 is 39.5 Å². The number of esters is 4. The lowest BCUT2D eigenvalue weighted by molar-refractivity contribution is -0.161. The van der Waals surface area contributed by atoms with Gasteiger partial charge in [0.15, 0.2) is 12.2 Å². The molecule has 0 saturated carbocycles. The van der Waals surface area contributed by atoms with E-state index < -0.39 is 97.5 Å². The van der Waals surface area contributed by atoms with E-state index in [9.17, 15) is 43.2 Å². The predicted octanol–water partition coefficient (Wildman–Crippen LogP) is 27.0. The molecule has 0 fully saturated rings. The lowest BCUT2D eigenvalue weighted by Crippen LogP contribution is -2.30. The Hall–Kier alpha value is -1.94. The third kappa shape index (κ3) is 80.5. The average molecular weight is 1560 g/mol. The van der Waals surface area contributed by atoms with Crippen molar-refractivity contribution in [2.45, 2.75) is 490 Å². The number of unbranched alkanes of at least 4 members (excludes halogenated alkanes) is 56. The lowest BCUT2D eigenvalue weighted by Gasteiger charge is -2.21.